The lowest BCUT2D eigenvalue weighted by molar-refractivity contribution is 0.145. The van der Waals surface area contributed by atoms with Crippen molar-refractivity contribution in [1.29, 1.82) is 0 Å². The predicted molar refractivity (Wildman–Crippen MR) is 109 cm³/mol. The number of aromatic nitrogens is 3. The molecule has 0 bridgehead atoms. The van der Waals surface area contributed by atoms with E-state index in [2.05, 4.69) is 15.0 Å². The monoisotopic (exact) mass is 402 g/mol. The number of benzene rings is 1. The number of aromatic amines is 1. The van der Waals surface area contributed by atoms with E-state index in [0.29, 0.717) is 42.9 Å². The van der Waals surface area contributed by atoms with Gasteiger partial charge in [0.2, 0.25) is 0 Å². The average molecular weight is 402 g/mol. The van der Waals surface area contributed by atoms with Crippen LogP contribution in [-0.4, -0.2) is 46.4 Å². The van der Waals surface area contributed by atoms with Crippen molar-refractivity contribution in [3.05, 3.63) is 41.5 Å². The lowest BCUT2D eigenvalue weighted by Gasteiger charge is -2.31. The van der Waals surface area contributed by atoms with E-state index >= 15 is 0 Å². The molecule has 28 heavy (non-hydrogen) atoms. The number of pyridine rings is 1. The van der Waals surface area contributed by atoms with E-state index in [9.17, 15) is 9.50 Å². The van der Waals surface area contributed by atoms with E-state index in [1.165, 1.54) is 17.8 Å². The molecule has 0 radical (unpaired) electrons. The van der Waals surface area contributed by atoms with Crippen LogP contribution < -0.4 is 9.64 Å². The Labute approximate surface area is 167 Å². The molecule has 1 aliphatic rings. The second-order valence-electron chi connectivity index (χ2n) is 6.95. The van der Waals surface area contributed by atoms with Crippen LogP contribution >= 0.6 is 11.8 Å². The molecule has 0 spiro atoms. The molecule has 3 aromatic rings. The number of aliphatic hydroxyl groups excluding tert-OH is 1. The number of ether oxygens (including phenoxy) is 1. The molecule has 148 valence electrons. The molecule has 1 aliphatic heterocycles. The zero-order valence-electron chi connectivity index (χ0n) is 15.9. The van der Waals surface area contributed by atoms with Crippen molar-refractivity contribution in [1.82, 2.24) is 15.0 Å². The number of hydrogen-bond donors (Lipinski definition) is 2. The van der Waals surface area contributed by atoms with Crippen molar-refractivity contribution in [2.75, 3.05) is 25.1 Å². The number of fused-ring (bicyclic) bond motifs is 1. The summed E-state index contributed by atoms with van der Waals surface area (Å²) in [6, 6.07) is 5.13. The summed E-state index contributed by atoms with van der Waals surface area (Å²) in [7, 11) is 1.65. The van der Waals surface area contributed by atoms with Crippen LogP contribution in [0, 0.1) is 12.7 Å². The number of halogens is 1. The van der Waals surface area contributed by atoms with E-state index in [-0.39, 0.29) is 11.9 Å². The van der Waals surface area contributed by atoms with Gasteiger partial charge in [-0.3, -0.25) is 4.98 Å². The van der Waals surface area contributed by atoms with Crippen molar-refractivity contribution in [3.8, 4) is 5.75 Å². The zero-order valence-corrected chi connectivity index (χ0v) is 16.7. The van der Waals surface area contributed by atoms with Crippen LogP contribution in [0.25, 0.3) is 11.0 Å². The highest BCUT2D eigenvalue weighted by atomic mass is 32.2. The number of anilines is 1. The minimum absolute atomic E-state index is 0.269. The van der Waals surface area contributed by atoms with Gasteiger partial charge >= 0.3 is 0 Å². The first kappa shape index (κ1) is 19.0. The average Bonchev–Trinajstić information content (AvgIpc) is 3.09. The largest absolute Gasteiger partial charge is 0.496 e. The minimum Gasteiger partial charge on any atom is -0.496 e. The molecule has 0 amide bonds. The summed E-state index contributed by atoms with van der Waals surface area (Å²) < 4.78 is 20.0. The number of hydrogen-bond acceptors (Lipinski definition) is 6. The summed E-state index contributed by atoms with van der Waals surface area (Å²) in [6.07, 6.45) is 2.76. The molecule has 4 rings (SSSR count). The van der Waals surface area contributed by atoms with Gasteiger partial charge in [0.05, 0.1) is 35.6 Å². The minimum atomic E-state index is -0.287. The summed E-state index contributed by atoms with van der Waals surface area (Å²) >= 11 is 1.53. The van der Waals surface area contributed by atoms with Gasteiger partial charge in [-0.1, -0.05) is 11.8 Å². The van der Waals surface area contributed by atoms with Crippen LogP contribution in [0.1, 0.15) is 24.1 Å². The fraction of sp³-hybridized carbons (Fsp3) is 0.400. The molecule has 3 heterocycles. The van der Waals surface area contributed by atoms with Gasteiger partial charge in [0.1, 0.15) is 11.6 Å². The Bertz CT molecular complexity index is 986. The van der Waals surface area contributed by atoms with E-state index in [1.807, 2.05) is 17.9 Å². The third kappa shape index (κ3) is 3.79. The molecule has 1 fully saturated rings. The summed E-state index contributed by atoms with van der Waals surface area (Å²) in [6.45, 7) is 3.28. The second kappa shape index (κ2) is 7.97. The van der Waals surface area contributed by atoms with Crippen LogP contribution in [0.3, 0.4) is 0 Å². The summed E-state index contributed by atoms with van der Waals surface area (Å²) in [4.78, 5) is 14.2. The van der Waals surface area contributed by atoms with Crippen molar-refractivity contribution < 1.29 is 14.2 Å². The zero-order chi connectivity index (χ0) is 19.7. The number of nitrogens with zero attached hydrogens (tertiary/aromatic N) is 3. The highest BCUT2D eigenvalue weighted by Gasteiger charge is 2.21. The molecule has 2 N–H and O–H groups in total. The molecule has 1 saturated heterocycles. The first-order valence-corrected chi connectivity index (χ1v) is 10.3. The lowest BCUT2D eigenvalue weighted by atomic mass is 10.1. The standard InChI is InChI=1S/C20H23FN4O2S/c1-12-17(22-6-3-19(12)27-2)11-28-20-23-15-9-14(21)18(10-16(15)24-20)25-7-4-13(26)5-8-25/h3,6,9-10,13,26H,4-5,7-8,11H2,1-2H3,(H,23,24). The van der Waals surface area contributed by atoms with E-state index < -0.39 is 0 Å². The summed E-state index contributed by atoms with van der Waals surface area (Å²) in [5.74, 6) is 1.19. The predicted octanol–water partition coefficient (Wildman–Crippen LogP) is 3.67. The Balaban J connectivity index is 1.53. The van der Waals surface area contributed by atoms with E-state index in [1.54, 1.807) is 19.4 Å². The highest BCUT2D eigenvalue weighted by Crippen LogP contribution is 2.30. The highest BCUT2D eigenvalue weighted by molar-refractivity contribution is 7.98. The Morgan fingerprint density at radius 2 is 2.14 bits per heavy atom. The van der Waals surface area contributed by atoms with Gasteiger partial charge in [0.25, 0.3) is 0 Å². The van der Waals surface area contributed by atoms with Gasteiger partial charge in [0.15, 0.2) is 5.16 Å². The van der Waals surface area contributed by atoms with Gasteiger partial charge in [-0.2, -0.15) is 0 Å². The molecular weight excluding hydrogens is 379 g/mol. The molecule has 0 aliphatic carbocycles. The summed E-state index contributed by atoms with van der Waals surface area (Å²) in [5.41, 5.74) is 3.90. The van der Waals surface area contributed by atoms with Crippen molar-refractivity contribution >= 4 is 28.5 Å². The van der Waals surface area contributed by atoms with Crippen molar-refractivity contribution in [2.45, 2.75) is 36.8 Å². The summed E-state index contributed by atoms with van der Waals surface area (Å²) in [5, 5.41) is 10.4. The number of piperidine rings is 1. The van der Waals surface area contributed by atoms with Gasteiger partial charge < -0.3 is 19.7 Å². The van der Waals surface area contributed by atoms with Crippen LogP contribution in [0.15, 0.2) is 29.6 Å². The van der Waals surface area contributed by atoms with Crippen LogP contribution in [0.4, 0.5) is 10.1 Å². The van der Waals surface area contributed by atoms with Crippen LogP contribution in [-0.2, 0) is 5.75 Å². The Morgan fingerprint density at radius 1 is 1.36 bits per heavy atom. The Hall–Kier alpha value is -2.32. The maximum absolute atomic E-state index is 14.6. The number of nitrogens with one attached hydrogen (secondary N) is 1. The van der Waals surface area contributed by atoms with Gasteiger partial charge in [0, 0.05) is 36.7 Å². The number of imidazole rings is 1. The smallest absolute Gasteiger partial charge is 0.166 e. The number of H-pyrrole nitrogens is 1. The number of rotatable bonds is 5. The first-order valence-electron chi connectivity index (χ1n) is 9.28. The molecule has 0 unspecified atom stereocenters. The number of aliphatic hydroxyl groups is 1. The molecule has 0 saturated carbocycles. The quantitative estimate of drug-likeness (QED) is 0.635. The topological polar surface area (TPSA) is 74.3 Å². The number of thioether (sulfide) groups is 1. The van der Waals surface area contributed by atoms with Gasteiger partial charge in [-0.25, -0.2) is 9.37 Å². The normalized spacial score (nSPS) is 15.4. The molecule has 6 nitrogen and oxygen atoms in total. The maximum atomic E-state index is 14.6. The number of methoxy groups -OCH3 is 1. The molecule has 1 aromatic carbocycles. The molecule has 0 atom stereocenters. The van der Waals surface area contributed by atoms with Gasteiger partial charge in [-0.05, 0) is 31.9 Å². The molecule has 2 aromatic heterocycles. The maximum Gasteiger partial charge on any atom is 0.166 e. The van der Waals surface area contributed by atoms with Crippen molar-refractivity contribution in [2.24, 2.45) is 0 Å². The lowest BCUT2D eigenvalue weighted by Crippen LogP contribution is -2.36. The van der Waals surface area contributed by atoms with Gasteiger partial charge in [-0.15, -0.1) is 0 Å². The molecule has 8 heteroatoms. The SMILES string of the molecule is COc1ccnc(CSc2nc3cc(N4CCC(O)CC4)c(F)cc3[nH]2)c1C. The Kier molecular flexibility index (Phi) is 5.41. The fourth-order valence-corrected chi connectivity index (χ4v) is 4.39. The van der Waals surface area contributed by atoms with Crippen LogP contribution in [0.5, 0.6) is 5.75 Å². The fourth-order valence-electron chi connectivity index (χ4n) is 3.48. The van der Waals surface area contributed by atoms with E-state index in [0.717, 1.165) is 27.7 Å². The first-order chi connectivity index (χ1) is 13.5. The van der Waals surface area contributed by atoms with Crippen molar-refractivity contribution in [3.63, 3.8) is 0 Å². The third-order valence-corrected chi connectivity index (χ3v) is 6.04. The third-order valence-electron chi connectivity index (χ3n) is 5.16. The molecular formula is C20H23FN4O2S. The van der Waals surface area contributed by atoms with Crippen LogP contribution in [0.2, 0.25) is 0 Å². The van der Waals surface area contributed by atoms with E-state index in [4.69, 9.17) is 4.74 Å². The second-order valence-corrected chi connectivity index (χ2v) is 7.92. The Morgan fingerprint density at radius 3 is 2.89 bits per heavy atom.